The number of nitrogens with zero attached hydrogens (tertiary/aromatic N) is 1. The first-order valence-corrected chi connectivity index (χ1v) is 3.65. The molecule has 2 heteroatoms. The molecule has 1 aromatic heterocycles. The van der Waals surface area contributed by atoms with Gasteiger partial charge in [-0.25, -0.2) is 0 Å². The molecule has 0 amide bonds. The van der Waals surface area contributed by atoms with Gasteiger partial charge in [-0.1, -0.05) is 13.7 Å². The maximum Gasteiger partial charge on any atom is 0.0410 e. The minimum absolute atomic E-state index is 0.326. The molecule has 0 fully saturated rings. The van der Waals surface area contributed by atoms with Crippen molar-refractivity contribution >= 4 is 15.9 Å². The van der Waals surface area contributed by atoms with Crippen LogP contribution < -0.4 is 0 Å². The number of rotatable bonds is 2. The van der Waals surface area contributed by atoms with E-state index >= 15 is 0 Å². The van der Waals surface area contributed by atoms with E-state index in [2.05, 4.69) is 20.9 Å². The highest BCUT2D eigenvalue weighted by atomic mass is 79.9. The minimum atomic E-state index is -3.28. The van der Waals surface area contributed by atoms with Crippen molar-refractivity contribution in [1.82, 2.24) is 4.98 Å². The largest absolute Gasteiger partial charge is 0.263 e. The van der Waals surface area contributed by atoms with Crippen LogP contribution in [0.3, 0.4) is 0 Å². The molecule has 11 heavy (non-hydrogen) atoms. The van der Waals surface area contributed by atoms with Gasteiger partial charge in [-0.2, -0.15) is 0 Å². The summed E-state index contributed by atoms with van der Waals surface area (Å²) < 4.78 is 67.9. The third kappa shape index (κ3) is 2.29. The van der Waals surface area contributed by atoms with Crippen LogP contribution in [0.1, 0.15) is 43.9 Å². The third-order valence-electron chi connectivity index (χ3n) is 1.12. The van der Waals surface area contributed by atoms with Crippen LogP contribution in [0.15, 0.2) is 22.9 Å². The molecular weight excluding hydrogens is 202 g/mol. The van der Waals surface area contributed by atoms with E-state index in [0.717, 1.165) is 6.20 Å². The van der Waals surface area contributed by atoms with E-state index in [1.165, 1.54) is 12.3 Å². The molecule has 0 aliphatic carbocycles. The molecule has 0 aliphatic heterocycles. The van der Waals surface area contributed by atoms with Crippen molar-refractivity contribution in [2.24, 2.45) is 0 Å². The molecule has 60 valence electrons. The number of aromatic nitrogens is 1. The van der Waals surface area contributed by atoms with E-state index in [1.807, 2.05) is 0 Å². The van der Waals surface area contributed by atoms with E-state index < -0.39 is 26.0 Å². The van der Waals surface area contributed by atoms with Crippen molar-refractivity contribution in [3.8, 4) is 0 Å². The predicted molar refractivity (Wildman–Crippen MR) is 50.6 cm³/mol. The van der Waals surface area contributed by atoms with Gasteiger partial charge in [0.15, 0.2) is 0 Å². The number of halogens is 1. The fourth-order valence-corrected chi connectivity index (χ4v) is 0.986. The van der Waals surface area contributed by atoms with Gasteiger partial charge in [0.1, 0.15) is 0 Å². The quantitative estimate of drug-likeness (QED) is 0.749. The van der Waals surface area contributed by atoms with Gasteiger partial charge in [-0.15, -0.1) is 0 Å². The normalized spacial score (nSPS) is 31.5. The molecule has 0 bridgehead atoms. The summed E-state index contributed by atoms with van der Waals surface area (Å²) in [5.74, 6) is -2.97. The lowest BCUT2D eigenvalue weighted by Crippen LogP contribution is -1.91. The lowest BCUT2D eigenvalue weighted by molar-refractivity contribution is 0.729. The summed E-state index contributed by atoms with van der Waals surface area (Å²) in [5.41, 5.74) is -0.326. The van der Waals surface area contributed by atoms with Crippen molar-refractivity contribution in [1.29, 1.82) is 0 Å². The molecule has 1 rings (SSSR count). The van der Waals surface area contributed by atoms with Crippen LogP contribution in [0.25, 0.3) is 0 Å². The molecular formula is C9H12BrN. The second kappa shape index (κ2) is 3.86. The van der Waals surface area contributed by atoms with Gasteiger partial charge in [0.05, 0.1) is 0 Å². The first-order chi connectivity index (χ1) is 8.75. The van der Waals surface area contributed by atoms with Gasteiger partial charge in [0, 0.05) is 29.2 Å². The van der Waals surface area contributed by atoms with Crippen molar-refractivity contribution in [2.45, 2.75) is 26.0 Å². The monoisotopic (exact) mass is 222 g/mol. The Morgan fingerprint density at radius 2 is 2.82 bits per heavy atom. The first-order valence-electron chi connectivity index (χ1n) is 7.36. The Morgan fingerprint density at radius 1 is 1.91 bits per heavy atom. The van der Waals surface area contributed by atoms with E-state index in [1.54, 1.807) is 0 Å². The standard InChI is InChI=1S/C9H12BrN/c1-3-7(2)8-4-9(10)6-11-5-8/h4-7H,3H2,1-2H3/i1D3,2D3,3D2,7D. The molecule has 1 atom stereocenters. The fraction of sp³-hybridized carbons (Fsp3) is 0.444. The van der Waals surface area contributed by atoms with Crippen LogP contribution in [0, 0.1) is 0 Å². The number of hydrogen-bond acceptors (Lipinski definition) is 1. The highest BCUT2D eigenvalue weighted by Gasteiger charge is 2.02. The molecule has 1 heterocycles. The van der Waals surface area contributed by atoms with E-state index in [9.17, 15) is 0 Å². The Balaban J connectivity index is 3.63. The second-order valence-electron chi connectivity index (χ2n) is 1.89. The molecule has 0 N–H and O–H groups in total. The Kier molecular flexibility index (Phi) is 0.898. The summed E-state index contributed by atoms with van der Waals surface area (Å²) in [5, 5.41) is 0. The Labute approximate surface area is 88.6 Å². The van der Waals surface area contributed by atoms with Crippen LogP contribution in [0.5, 0.6) is 0 Å². The van der Waals surface area contributed by atoms with Gasteiger partial charge >= 0.3 is 0 Å². The summed E-state index contributed by atoms with van der Waals surface area (Å²) in [4.78, 5) is 3.69. The Hall–Kier alpha value is -0.370. The van der Waals surface area contributed by atoms with Crippen molar-refractivity contribution in [3.63, 3.8) is 0 Å². The van der Waals surface area contributed by atoms with Gasteiger partial charge in [0.2, 0.25) is 0 Å². The predicted octanol–water partition coefficient (Wildman–Crippen LogP) is 3.36. The number of hydrogen-bond donors (Lipinski definition) is 0. The average Bonchev–Trinajstić information content (AvgIpc) is 2.24. The summed E-state index contributed by atoms with van der Waals surface area (Å²) in [6.07, 6.45) is -0.963. The summed E-state index contributed by atoms with van der Waals surface area (Å²) in [6.45, 7) is -6.46. The molecule has 0 saturated heterocycles. The van der Waals surface area contributed by atoms with E-state index in [0.29, 0.717) is 4.47 Å². The molecule has 0 aromatic carbocycles. The van der Waals surface area contributed by atoms with Gasteiger partial charge < -0.3 is 0 Å². The topological polar surface area (TPSA) is 12.9 Å². The first kappa shape index (κ1) is 2.56. The molecule has 1 nitrogen and oxygen atoms in total. The smallest absolute Gasteiger partial charge is 0.0410 e. The van der Waals surface area contributed by atoms with Crippen LogP contribution in [0.4, 0.5) is 0 Å². The molecule has 0 radical (unpaired) electrons. The summed E-state index contributed by atoms with van der Waals surface area (Å²) in [6, 6.07) is 1.19. The van der Waals surface area contributed by atoms with E-state index in [4.69, 9.17) is 12.3 Å². The highest BCUT2D eigenvalue weighted by molar-refractivity contribution is 9.10. The van der Waals surface area contributed by atoms with Crippen LogP contribution in [-0.2, 0) is 0 Å². The zero-order valence-corrected chi connectivity index (χ0v) is 7.14. The second-order valence-corrected chi connectivity index (χ2v) is 2.81. The molecule has 0 aliphatic rings. The van der Waals surface area contributed by atoms with Crippen LogP contribution >= 0.6 is 15.9 Å². The third-order valence-corrected chi connectivity index (χ3v) is 1.55. The Morgan fingerprint density at radius 3 is 3.45 bits per heavy atom. The highest BCUT2D eigenvalue weighted by Crippen LogP contribution is 2.20. The average molecular weight is 223 g/mol. The molecule has 1 unspecified atom stereocenters. The maximum absolute atomic E-state index is 8.11. The molecule has 0 saturated carbocycles. The summed E-state index contributed by atoms with van der Waals surface area (Å²) >= 11 is 3.05. The lowest BCUT2D eigenvalue weighted by Gasteiger charge is -2.07. The number of pyridine rings is 1. The molecule has 1 aromatic rings. The van der Waals surface area contributed by atoms with E-state index in [-0.39, 0.29) is 5.56 Å². The van der Waals surface area contributed by atoms with Crippen molar-refractivity contribution in [2.75, 3.05) is 0 Å². The zero-order chi connectivity index (χ0) is 16.0. The van der Waals surface area contributed by atoms with Crippen LogP contribution in [0.2, 0.25) is 0 Å². The Bertz CT molecular complexity index is 495. The van der Waals surface area contributed by atoms with Gasteiger partial charge in [-0.05, 0) is 39.8 Å². The SMILES string of the molecule is [2H]C([2H])([2H])C([2H])([2H])C([2H])(c1cncc(Br)c1)C([2H])([2H])[2H]. The van der Waals surface area contributed by atoms with Crippen molar-refractivity contribution in [3.05, 3.63) is 28.5 Å². The lowest BCUT2D eigenvalue weighted by atomic mass is 10.0. The van der Waals surface area contributed by atoms with Gasteiger partial charge in [0.25, 0.3) is 0 Å². The van der Waals surface area contributed by atoms with Gasteiger partial charge in [-0.3, -0.25) is 4.98 Å². The minimum Gasteiger partial charge on any atom is -0.263 e. The van der Waals surface area contributed by atoms with Crippen LogP contribution in [-0.4, -0.2) is 4.98 Å². The zero-order valence-electron chi connectivity index (χ0n) is 14.6. The molecule has 0 spiro atoms. The summed E-state index contributed by atoms with van der Waals surface area (Å²) in [7, 11) is 0. The maximum atomic E-state index is 8.11. The van der Waals surface area contributed by atoms with Crippen molar-refractivity contribution < 1.29 is 12.3 Å². The fourth-order valence-electron chi connectivity index (χ4n) is 0.621.